The second-order valence-corrected chi connectivity index (χ2v) is 3.19. The van der Waals surface area contributed by atoms with Gasteiger partial charge in [-0.25, -0.2) is 4.79 Å². The molecule has 0 rings (SSSR count). The van der Waals surface area contributed by atoms with Gasteiger partial charge >= 0.3 is 5.97 Å². The molecule has 0 aliphatic rings. The lowest BCUT2D eigenvalue weighted by atomic mass is 10.1. The summed E-state index contributed by atoms with van der Waals surface area (Å²) in [4.78, 5) is 22.1. The lowest BCUT2D eigenvalue weighted by molar-refractivity contribution is -0.145. The number of nitrogens with one attached hydrogen (secondary N) is 1. The van der Waals surface area contributed by atoms with E-state index in [1.165, 1.54) is 7.11 Å². The van der Waals surface area contributed by atoms with Crippen molar-refractivity contribution in [3.8, 4) is 0 Å². The summed E-state index contributed by atoms with van der Waals surface area (Å²) in [5.74, 6) is -0.908. The number of carbonyl (C=O) groups is 2. The van der Waals surface area contributed by atoms with Crippen LogP contribution in [0, 0.1) is 0 Å². The van der Waals surface area contributed by atoms with Crippen LogP contribution in [0.1, 0.15) is 26.2 Å². The van der Waals surface area contributed by atoms with Gasteiger partial charge in [-0.05, 0) is 6.42 Å². The van der Waals surface area contributed by atoms with Crippen LogP contribution in [-0.2, 0) is 14.3 Å². The molecule has 1 amide bonds. The van der Waals surface area contributed by atoms with Gasteiger partial charge in [0, 0.05) is 0 Å². The van der Waals surface area contributed by atoms with Gasteiger partial charge in [-0.2, -0.15) is 0 Å². The Kier molecular flexibility index (Phi) is 7.20. The number of halogens is 1. The Labute approximate surface area is 88.9 Å². The van der Waals surface area contributed by atoms with Crippen LogP contribution in [0.15, 0.2) is 0 Å². The number of esters is 1. The number of carbonyl (C=O) groups excluding carboxylic acids is 2. The maximum Gasteiger partial charge on any atom is 0.328 e. The normalized spacial score (nSPS) is 11.9. The predicted octanol–water partition coefficient (Wildman–Crippen LogP) is 1.07. The van der Waals surface area contributed by atoms with E-state index in [9.17, 15) is 9.59 Å². The minimum atomic E-state index is -0.564. The summed E-state index contributed by atoms with van der Waals surface area (Å²) in [5.41, 5.74) is 0. The van der Waals surface area contributed by atoms with E-state index in [2.05, 4.69) is 10.1 Å². The van der Waals surface area contributed by atoms with E-state index < -0.39 is 12.0 Å². The third-order valence-corrected chi connectivity index (χ3v) is 2.03. The molecule has 0 aliphatic carbocycles. The first kappa shape index (κ1) is 13.2. The molecule has 0 radical (unpaired) electrons. The number of unbranched alkanes of at least 4 members (excludes halogenated alkanes) is 1. The molecule has 0 aliphatic heterocycles. The SMILES string of the molecule is CCCC[C@@H](NC(=O)CCl)C(=O)OC. The van der Waals surface area contributed by atoms with Crippen molar-refractivity contribution < 1.29 is 14.3 Å². The van der Waals surface area contributed by atoms with E-state index >= 15 is 0 Å². The fraction of sp³-hybridized carbons (Fsp3) is 0.778. The molecule has 14 heavy (non-hydrogen) atoms. The van der Waals surface area contributed by atoms with Crippen molar-refractivity contribution in [1.29, 1.82) is 0 Å². The molecule has 5 heteroatoms. The Hall–Kier alpha value is -0.770. The van der Waals surface area contributed by atoms with Crippen molar-refractivity contribution in [2.75, 3.05) is 13.0 Å². The molecule has 0 unspecified atom stereocenters. The smallest absolute Gasteiger partial charge is 0.328 e. The number of methoxy groups -OCH3 is 1. The molecule has 0 fully saturated rings. The average molecular weight is 222 g/mol. The predicted molar refractivity (Wildman–Crippen MR) is 54.2 cm³/mol. The topological polar surface area (TPSA) is 55.4 Å². The summed E-state index contributed by atoms with van der Waals surface area (Å²) in [6, 6.07) is -0.564. The van der Waals surface area contributed by atoms with Gasteiger partial charge in [0.1, 0.15) is 11.9 Å². The maximum absolute atomic E-state index is 11.2. The molecule has 1 N–H and O–H groups in total. The highest BCUT2D eigenvalue weighted by Gasteiger charge is 2.19. The number of ether oxygens (including phenoxy) is 1. The van der Waals surface area contributed by atoms with Gasteiger partial charge < -0.3 is 10.1 Å². The Bertz CT molecular complexity index is 196. The Morgan fingerprint density at radius 3 is 2.57 bits per heavy atom. The number of hydrogen-bond acceptors (Lipinski definition) is 3. The zero-order chi connectivity index (χ0) is 11.0. The van der Waals surface area contributed by atoms with Gasteiger partial charge in [0.2, 0.25) is 5.91 Å². The van der Waals surface area contributed by atoms with E-state index in [0.29, 0.717) is 6.42 Å². The Morgan fingerprint density at radius 2 is 2.14 bits per heavy atom. The minimum absolute atomic E-state index is 0.139. The van der Waals surface area contributed by atoms with Gasteiger partial charge in [-0.1, -0.05) is 19.8 Å². The molecule has 0 saturated carbocycles. The molecule has 4 nitrogen and oxygen atoms in total. The number of rotatable bonds is 6. The second-order valence-electron chi connectivity index (χ2n) is 2.92. The summed E-state index contributed by atoms with van der Waals surface area (Å²) in [6.45, 7) is 2.01. The molecule has 0 saturated heterocycles. The van der Waals surface area contributed by atoms with E-state index in [1.54, 1.807) is 0 Å². The minimum Gasteiger partial charge on any atom is -0.467 e. The van der Waals surface area contributed by atoms with Gasteiger partial charge in [0.05, 0.1) is 7.11 Å². The standard InChI is InChI=1S/C9H16ClNO3/c1-3-4-5-7(9(13)14-2)11-8(12)6-10/h7H,3-6H2,1-2H3,(H,11,12)/t7-/m1/s1. The van der Waals surface area contributed by atoms with E-state index in [0.717, 1.165) is 12.8 Å². The molecule has 0 heterocycles. The zero-order valence-corrected chi connectivity index (χ0v) is 9.26. The van der Waals surface area contributed by atoms with E-state index in [4.69, 9.17) is 11.6 Å². The van der Waals surface area contributed by atoms with Gasteiger partial charge in [-0.3, -0.25) is 4.79 Å². The van der Waals surface area contributed by atoms with Crippen LogP contribution in [-0.4, -0.2) is 30.9 Å². The van der Waals surface area contributed by atoms with Crippen LogP contribution < -0.4 is 5.32 Å². The quantitative estimate of drug-likeness (QED) is 0.539. The molecule has 0 aromatic carbocycles. The van der Waals surface area contributed by atoms with Crippen molar-refractivity contribution in [3.05, 3.63) is 0 Å². The van der Waals surface area contributed by atoms with Crippen LogP contribution in [0.3, 0.4) is 0 Å². The summed E-state index contributed by atoms with van der Waals surface area (Å²) < 4.78 is 4.56. The highest BCUT2D eigenvalue weighted by atomic mass is 35.5. The maximum atomic E-state index is 11.2. The van der Waals surface area contributed by atoms with Crippen molar-refractivity contribution in [1.82, 2.24) is 5.32 Å². The zero-order valence-electron chi connectivity index (χ0n) is 8.51. The molecule has 1 atom stereocenters. The highest BCUT2D eigenvalue weighted by molar-refractivity contribution is 6.27. The van der Waals surface area contributed by atoms with Crippen LogP contribution in [0.5, 0.6) is 0 Å². The first-order valence-corrected chi connectivity index (χ1v) is 5.12. The van der Waals surface area contributed by atoms with Crippen molar-refractivity contribution in [3.63, 3.8) is 0 Å². The van der Waals surface area contributed by atoms with Crippen molar-refractivity contribution in [2.45, 2.75) is 32.2 Å². The average Bonchev–Trinajstić information content (AvgIpc) is 2.22. The fourth-order valence-electron chi connectivity index (χ4n) is 1.03. The third-order valence-electron chi connectivity index (χ3n) is 1.79. The Balaban J connectivity index is 4.09. The molecule has 0 aromatic heterocycles. The number of amides is 1. The molecular weight excluding hydrogens is 206 g/mol. The Morgan fingerprint density at radius 1 is 1.50 bits per heavy atom. The van der Waals surface area contributed by atoms with Crippen molar-refractivity contribution >= 4 is 23.5 Å². The van der Waals surface area contributed by atoms with Gasteiger partial charge in [0.15, 0.2) is 0 Å². The van der Waals surface area contributed by atoms with Crippen LogP contribution in [0.2, 0.25) is 0 Å². The summed E-state index contributed by atoms with van der Waals surface area (Å²) in [7, 11) is 1.30. The van der Waals surface area contributed by atoms with Gasteiger partial charge in [0.25, 0.3) is 0 Å². The van der Waals surface area contributed by atoms with E-state index in [1.807, 2.05) is 6.92 Å². The summed E-state index contributed by atoms with van der Waals surface area (Å²) >= 11 is 5.31. The largest absolute Gasteiger partial charge is 0.467 e. The third kappa shape index (κ3) is 5.07. The fourth-order valence-corrected chi connectivity index (χ4v) is 1.11. The van der Waals surface area contributed by atoms with Crippen LogP contribution >= 0.6 is 11.6 Å². The first-order chi connectivity index (χ1) is 6.65. The highest BCUT2D eigenvalue weighted by Crippen LogP contribution is 2.02. The molecule has 0 spiro atoms. The second kappa shape index (κ2) is 7.62. The van der Waals surface area contributed by atoms with Crippen molar-refractivity contribution in [2.24, 2.45) is 0 Å². The lowest BCUT2D eigenvalue weighted by Gasteiger charge is -2.14. The van der Waals surface area contributed by atoms with Crippen LogP contribution in [0.25, 0.3) is 0 Å². The summed E-state index contributed by atoms with van der Waals surface area (Å²) in [6.07, 6.45) is 2.42. The molecular formula is C9H16ClNO3. The first-order valence-electron chi connectivity index (χ1n) is 4.58. The molecule has 0 bridgehead atoms. The molecule has 82 valence electrons. The number of alkyl halides is 1. The van der Waals surface area contributed by atoms with E-state index in [-0.39, 0.29) is 11.8 Å². The monoisotopic (exact) mass is 221 g/mol. The lowest BCUT2D eigenvalue weighted by Crippen LogP contribution is -2.42. The number of hydrogen-bond donors (Lipinski definition) is 1. The molecule has 0 aromatic rings. The van der Waals surface area contributed by atoms with Crippen LogP contribution in [0.4, 0.5) is 0 Å². The van der Waals surface area contributed by atoms with Gasteiger partial charge in [-0.15, -0.1) is 11.6 Å². The summed E-state index contributed by atoms with van der Waals surface area (Å²) in [5, 5.41) is 2.51.